The summed E-state index contributed by atoms with van der Waals surface area (Å²) < 4.78 is 98.4. The van der Waals surface area contributed by atoms with Gasteiger partial charge in [0.25, 0.3) is 10.0 Å². The van der Waals surface area contributed by atoms with Gasteiger partial charge in [-0.25, -0.2) is 16.8 Å². The second-order valence-corrected chi connectivity index (χ2v) is 13.0. The van der Waals surface area contributed by atoms with Crippen molar-refractivity contribution in [2.24, 2.45) is 0 Å². The summed E-state index contributed by atoms with van der Waals surface area (Å²) in [6, 6.07) is 22.3. The highest BCUT2D eigenvalue weighted by atomic mass is 35.5. The maximum Gasteiger partial charge on any atom is 0.417 e. The quantitative estimate of drug-likeness (QED) is 0.206. The van der Waals surface area contributed by atoms with E-state index in [1.54, 1.807) is 36.4 Å². The lowest BCUT2D eigenvalue weighted by atomic mass is 10.2. The van der Waals surface area contributed by atoms with E-state index in [1.165, 1.54) is 24.3 Å². The number of nitrogens with zero attached hydrogens (tertiary/aromatic N) is 1. The summed E-state index contributed by atoms with van der Waals surface area (Å²) in [6.45, 7) is -0.586. The average molecular weight is 654 g/mol. The smallest absolute Gasteiger partial charge is 0.417 e. The van der Waals surface area contributed by atoms with Crippen molar-refractivity contribution in [1.82, 2.24) is 0 Å². The van der Waals surface area contributed by atoms with Crippen molar-refractivity contribution in [3.8, 4) is 11.5 Å². The highest BCUT2D eigenvalue weighted by Gasteiger charge is 2.33. The highest BCUT2D eigenvalue weighted by molar-refractivity contribution is 7.92. The summed E-state index contributed by atoms with van der Waals surface area (Å²) in [5, 5.41) is 1.91. The van der Waals surface area contributed by atoms with E-state index < -0.39 is 49.3 Å². The number of ether oxygens (including phenoxy) is 1. The third-order valence-electron chi connectivity index (χ3n) is 5.76. The molecule has 4 aromatic carbocycles. The van der Waals surface area contributed by atoms with E-state index in [1.807, 2.05) is 6.07 Å². The van der Waals surface area contributed by atoms with Gasteiger partial charge in [-0.05, 0) is 78.9 Å². The van der Waals surface area contributed by atoms with Crippen LogP contribution < -0.4 is 19.1 Å². The largest absolute Gasteiger partial charge is 0.457 e. The first-order valence-electron chi connectivity index (χ1n) is 12.2. The Labute approximate surface area is 251 Å². The van der Waals surface area contributed by atoms with E-state index in [-0.39, 0.29) is 22.0 Å². The van der Waals surface area contributed by atoms with Crippen LogP contribution in [-0.2, 0) is 31.0 Å². The molecule has 43 heavy (non-hydrogen) atoms. The Bertz CT molecular complexity index is 1820. The van der Waals surface area contributed by atoms with Gasteiger partial charge in [0.2, 0.25) is 15.9 Å². The zero-order valence-corrected chi connectivity index (χ0v) is 24.6. The highest BCUT2D eigenvalue weighted by Crippen LogP contribution is 2.36. The third kappa shape index (κ3) is 8.40. The Kier molecular flexibility index (Phi) is 9.23. The van der Waals surface area contributed by atoms with Crippen LogP contribution in [-0.4, -0.2) is 35.5 Å². The number of anilines is 3. The van der Waals surface area contributed by atoms with Crippen molar-refractivity contribution >= 4 is 54.6 Å². The SMILES string of the molecule is CS(=O)(=O)N(CC(=O)Nc1ccc(S(=O)(=O)Nc2ccc(Cl)c(C(F)(F)F)c2)cc1)c1ccc(Oc2ccccc2)cc1. The molecule has 4 rings (SSSR count). The fourth-order valence-electron chi connectivity index (χ4n) is 3.77. The summed E-state index contributed by atoms with van der Waals surface area (Å²) >= 11 is 5.58. The molecule has 0 fully saturated rings. The topological polar surface area (TPSA) is 122 Å². The van der Waals surface area contributed by atoms with E-state index in [0.29, 0.717) is 17.6 Å². The minimum atomic E-state index is -4.79. The van der Waals surface area contributed by atoms with Gasteiger partial charge in [0.05, 0.1) is 27.4 Å². The van der Waals surface area contributed by atoms with E-state index in [9.17, 15) is 34.8 Å². The molecule has 4 aromatic rings. The van der Waals surface area contributed by atoms with Crippen molar-refractivity contribution in [2.75, 3.05) is 27.1 Å². The first-order chi connectivity index (χ1) is 20.1. The molecular weight excluding hydrogens is 631 g/mol. The second-order valence-electron chi connectivity index (χ2n) is 9.05. The molecular formula is C28H23ClF3N3O6S2. The predicted octanol–water partition coefficient (Wildman–Crippen LogP) is 6.36. The molecule has 2 N–H and O–H groups in total. The number of para-hydroxylation sites is 1. The van der Waals surface area contributed by atoms with E-state index in [0.717, 1.165) is 34.8 Å². The number of carbonyl (C=O) groups excluding carboxylic acids is 1. The van der Waals surface area contributed by atoms with Gasteiger partial charge in [-0.15, -0.1) is 0 Å². The second kappa shape index (κ2) is 12.5. The molecule has 0 saturated heterocycles. The number of halogens is 4. The standard InChI is InChI=1S/C28H23ClF3N3O6S2/c1-42(37,38)35(21-10-12-23(13-11-21)41-22-5-3-2-4-6-22)18-27(36)33-19-7-14-24(15-8-19)43(39,40)34-20-9-16-26(29)25(17-20)28(30,31)32/h2-17,34H,18H2,1H3,(H,33,36). The lowest BCUT2D eigenvalue weighted by molar-refractivity contribution is -0.137. The minimum absolute atomic E-state index is 0.148. The number of nitrogens with one attached hydrogen (secondary N) is 2. The molecule has 0 aliphatic rings. The van der Waals surface area contributed by atoms with Gasteiger partial charge in [0.15, 0.2) is 0 Å². The molecule has 0 bridgehead atoms. The number of sulfonamides is 2. The molecule has 0 saturated carbocycles. The Hall–Kier alpha value is -4.27. The van der Waals surface area contributed by atoms with E-state index in [4.69, 9.17) is 16.3 Å². The Morgan fingerprint density at radius 1 is 0.837 bits per heavy atom. The van der Waals surface area contributed by atoms with Crippen molar-refractivity contribution in [3.63, 3.8) is 0 Å². The van der Waals surface area contributed by atoms with Crippen molar-refractivity contribution < 1.29 is 39.5 Å². The molecule has 0 aliphatic carbocycles. The van der Waals surface area contributed by atoms with Gasteiger partial charge < -0.3 is 10.1 Å². The zero-order chi connectivity index (χ0) is 31.4. The molecule has 15 heteroatoms. The minimum Gasteiger partial charge on any atom is -0.457 e. The summed E-state index contributed by atoms with van der Waals surface area (Å²) in [7, 11) is -8.19. The fraction of sp³-hybridized carbons (Fsp3) is 0.107. The van der Waals surface area contributed by atoms with Gasteiger partial charge in [0.1, 0.15) is 18.0 Å². The van der Waals surface area contributed by atoms with Crippen LogP contribution in [0.5, 0.6) is 11.5 Å². The van der Waals surface area contributed by atoms with Crippen LogP contribution in [0.4, 0.5) is 30.2 Å². The zero-order valence-electron chi connectivity index (χ0n) is 22.2. The Morgan fingerprint density at radius 3 is 2.00 bits per heavy atom. The maximum absolute atomic E-state index is 13.1. The number of alkyl halides is 3. The van der Waals surface area contributed by atoms with Crippen LogP contribution in [0.3, 0.4) is 0 Å². The van der Waals surface area contributed by atoms with Crippen molar-refractivity contribution in [1.29, 1.82) is 0 Å². The first kappa shape index (κ1) is 31.7. The molecule has 0 radical (unpaired) electrons. The van der Waals surface area contributed by atoms with Crippen LogP contribution >= 0.6 is 11.6 Å². The molecule has 0 heterocycles. The van der Waals surface area contributed by atoms with Gasteiger partial charge in [-0.2, -0.15) is 13.2 Å². The summed E-state index contributed by atoms with van der Waals surface area (Å²) in [6.07, 6.45) is -3.84. The number of benzene rings is 4. The molecule has 226 valence electrons. The fourth-order valence-corrected chi connectivity index (χ4v) is 5.90. The Balaban J connectivity index is 1.43. The van der Waals surface area contributed by atoms with Crippen LogP contribution in [0.25, 0.3) is 0 Å². The number of hydrogen-bond acceptors (Lipinski definition) is 6. The number of amides is 1. The van der Waals surface area contributed by atoms with Crippen LogP contribution in [0.1, 0.15) is 5.56 Å². The molecule has 0 atom stereocenters. The predicted molar refractivity (Wildman–Crippen MR) is 157 cm³/mol. The summed E-state index contributed by atoms with van der Waals surface area (Å²) in [4.78, 5) is 12.4. The number of hydrogen-bond donors (Lipinski definition) is 2. The van der Waals surface area contributed by atoms with Gasteiger partial charge >= 0.3 is 6.18 Å². The van der Waals surface area contributed by atoms with E-state index in [2.05, 4.69) is 10.0 Å². The normalized spacial score (nSPS) is 11.9. The van der Waals surface area contributed by atoms with Crippen LogP contribution in [0.2, 0.25) is 5.02 Å². The van der Waals surface area contributed by atoms with Gasteiger partial charge in [0, 0.05) is 11.4 Å². The van der Waals surface area contributed by atoms with Crippen molar-refractivity contribution in [3.05, 3.63) is 108 Å². The monoisotopic (exact) mass is 653 g/mol. The number of carbonyl (C=O) groups is 1. The van der Waals surface area contributed by atoms with Gasteiger partial charge in [-0.1, -0.05) is 29.8 Å². The lowest BCUT2D eigenvalue weighted by Crippen LogP contribution is -2.37. The molecule has 0 unspecified atom stereocenters. The maximum atomic E-state index is 13.1. The number of rotatable bonds is 10. The summed E-state index contributed by atoms with van der Waals surface area (Å²) in [5.74, 6) is 0.323. The average Bonchev–Trinajstić information content (AvgIpc) is 2.93. The molecule has 1 amide bonds. The Morgan fingerprint density at radius 2 is 1.42 bits per heavy atom. The third-order valence-corrected chi connectivity index (χ3v) is 8.63. The lowest BCUT2D eigenvalue weighted by Gasteiger charge is -2.22. The van der Waals surface area contributed by atoms with Crippen LogP contribution in [0.15, 0.2) is 102 Å². The van der Waals surface area contributed by atoms with Crippen LogP contribution in [0, 0.1) is 0 Å². The first-order valence-corrected chi connectivity index (χ1v) is 15.9. The molecule has 0 aromatic heterocycles. The molecule has 0 spiro atoms. The molecule has 9 nitrogen and oxygen atoms in total. The van der Waals surface area contributed by atoms with Gasteiger partial charge in [-0.3, -0.25) is 13.8 Å². The molecule has 0 aliphatic heterocycles. The summed E-state index contributed by atoms with van der Waals surface area (Å²) in [5.41, 5.74) is -1.20. The van der Waals surface area contributed by atoms with E-state index >= 15 is 0 Å². The van der Waals surface area contributed by atoms with Crippen molar-refractivity contribution in [2.45, 2.75) is 11.1 Å².